The molecule has 0 saturated heterocycles. The minimum atomic E-state index is -0.377. The maximum atomic E-state index is 11.8. The summed E-state index contributed by atoms with van der Waals surface area (Å²) in [5, 5.41) is 10.9. The second kappa shape index (κ2) is 13.4. The SMILES string of the molecule is CCC(C)(C)C(=O)/C=C(\O)C(C)(C)CC.Cc1[c-]c(Oc2nccc3c(C(C)C)coc23)cc(C)c1.[Ir]. The molecule has 0 aliphatic carbocycles. The van der Waals surface area contributed by atoms with Gasteiger partial charge >= 0.3 is 0 Å². The molecule has 0 amide bonds. The van der Waals surface area contributed by atoms with E-state index in [1.165, 1.54) is 11.6 Å². The Kier molecular flexibility index (Phi) is 11.8. The smallest absolute Gasteiger partial charge is 0.261 e. The van der Waals surface area contributed by atoms with Crippen LogP contribution < -0.4 is 4.74 Å². The normalized spacial score (nSPS) is 12.1. The van der Waals surface area contributed by atoms with Crippen LogP contribution >= 0.6 is 0 Å². The number of rotatable bonds is 8. The Bertz CT molecular complexity index is 1200. The topological polar surface area (TPSA) is 72.6 Å². The number of aromatic nitrogens is 1. The molecule has 37 heavy (non-hydrogen) atoms. The number of aryl methyl sites for hydroxylation is 2. The number of ether oxygens (including phenoxy) is 1. The molecule has 0 saturated carbocycles. The first-order valence-corrected chi connectivity index (χ1v) is 12.7. The number of benzene rings is 1. The third kappa shape index (κ3) is 8.55. The predicted molar refractivity (Wildman–Crippen MR) is 147 cm³/mol. The summed E-state index contributed by atoms with van der Waals surface area (Å²) < 4.78 is 11.6. The van der Waals surface area contributed by atoms with Crippen molar-refractivity contribution in [2.24, 2.45) is 10.8 Å². The van der Waals surface area contributed by atoms with Gasteiger partial charge in [0.2, 0.25) is 0 Å². The summed E-state index contributed by atoms with van der Waals surface area (Å²) in [6.07, 6.45) is 6.53. The van der Waals surface area contributed by atoms with Crippen molar-refractivity contribution >= 4 is 16.8 Å². The summed E-state index contributed by atoms with van der Waals surface area (Å²) in [6.45, 7) is 20.0. The molecule has 3 aromatic rings. The van der Waals surface area contributed by atoms with E-state index < -0.39 is 0 Å². The van der Waals surface area contributed by atoms with Gasteiger partial charge in [-0.15, -0.1) is 12.1 Å². The first kappa shape index (κ1) is 32.6. The number of hydrogen-bond acceptors (Lipinski definition) is 5. The average molecular weight is 685 g/mol. The summed E-state index contributed by atoms with van der Waals surface area (Å²) in [7, 11) is 0. The molecule has 0 aliphatic rings. The zero-order chi connectivity index (χ0) is 27.3. The molecule has 0 fully saturated rings. The quantitative estimate of drug-likeness (QED) is 0.146. The molecule has 0 bridgehead atoms. The van der Waals surface area contributed by atoms with E-state index in [0.29, 0.717) is 23.1 Å². The Hall–Kier alpha value is -2.43. The molecular formula is C31H42IrNO4-. The van der Waals surface area contributed by atoms with Crippen molar-refractivity contribution in [2.45, 2.75) is 88.0 Å². The number of pyridine rings is 1. The van der Waals surface area contributed by atoms with Crippen LogP contribution in [0.4, 0.5) is 0 Å². The van der Waals surface area contributed by atoms with Gasteiger partial charge in [-0.1, -0.05) is 69.2 Å². The number of ketones is 1. The number of aliphatic hydroxyl groups is 1. The van der Waals surface area contributed by atoms with Crippen molar-refractivity contribution in [3.05, 3.63) is 65.3 Å². The second-order valence-electron chi connectivity index (χ2n) is 11.0. The average Bonchev–Trinajstić information content (AvgIpc) is 3.24. The molecule has 0 spiro atoms. The number of furan rings is 1. The fourth-order valence-electron chi connectivity index (χ4n) is 3.36. The Morgan fingerprint density at radius 2 is 1.76 bits per heavy atom. The number of carbonyl (C=O) groups excluding carboxylic acids is 1. The number of nitrogens with zero attached hydrogens (tertiary/aromatic N) is 1. The molecule has 6 heteroatoms. The number of aliphatic hydroxyl groups excluding tert-OH is 1. The third-order valence-electron chi connectivity index (χ3n) is 6.83. The van der Waals surface area contributed by atoms with Crippen LogP contribution in [0, 0.1) is 30.7 Å². The molecule has 1 N–H and O–H groups in total. The fraction of sp³-hybridized carbons (Fsp3) is 0.484. The molecular weight excluding hydrogens is 643 g/mol. The van der Waals surface area contributed by atoms with Crippen LogP contribution in [0.5, 0.6) is 11.6 Å². The molecule has 2 heterocycles. The van der Waals surface area contributed by atoms with E-state index >= 15 is 0 Å². The van der Waals surface area contributed by atoms with Gasteiger partial charge in [0.15, 0.2) is 11.4 Å². The van der Waals surface area contributed by atoms with Crippen LogP contribution in [0.3, 0.4) is 0 Å². The van der Waals surface area contributed by atoms with Crippen LogP contribution in [0.25, 0.3) is 11.0 Å². The predicted octanol–water partition coefficient (Wildman–Crippen LogP) is 9.03. The summed E-state index contributed by atoms with van der Waals surface area (Å²) in [4.78, 5) is 16.1. The first-order chi connectivity index (χ1) is 16.7. The van der Waals surface area contributed by atoms with Crippen molar-refractivity contribution in [3.63, 3.8) is 0 Å². The number of fused-ring (bicyclic) bond motifs is 1. The largest absolute Gasteiger partial charge is 0.512 e. The molecule has 1 radical (unpaired) electrons. The summed E-state index contributed by atoms with van der Waals surface area (Å²) >= 11 is 0. The molecule has 2 aromatic heterocycles. The van der Waals surface area contributed by atoms with E-state index in [-0.39, 0.29) is 42.5 Å². The van der Waals surface area contributed by atoms with E-state index in [0.717, 1.165) is 29.4 Å². The molecule has 1 aromatic carbocycles. The molecule has 0 atom stereocenters. The number of hydrogen-bond donors (Lipinski definition) is 1. The van der Waals surface area contributed by atoms with Gasteiger partial charge in [-0.25, -0.2) is 4.98 Å². The van der Waals surface area contributed by atoms with Crippen LogP contribution in [0.2, 0.25) is 0 Å². The van der Waals surface area contributed by atoms with Gasteiger partial charge in [0.05, 0.1) is 6.26 Å². The van der Waals surface area contributed by atoms with Crippen LogP contribution in [-0.2, 0) is 24.9 Å². The summed E-state index contributed by atoms with van der Waals surface area (Å²) in [5.74, 6) is 1.74. The molecule has 5 nitrogen and oxygen atoms in total. The monoisotopic (exact) mass is 685 g/mol. The zero-order valence-electron chi connectivity index (χ0n) is 23.9. The van der Waals surface area contributed by atoms with Gasteiger partial charge in [0.1, 0.15) is 5.76 Å². The van der Waals surface area contributed by atoms with E-state index in [2.05, 4.69) is 31.0 Å². The van der Waals surface area contributed by atoms with Gasteiger partial charge in [-0.05, 0) is 24.8 Å². The van der Waals surface area contributed by atoms with Gasteiger partial charge in [-0.3, -0.25) is 4.79 Å². The van der Waals surface area contributed by atoms with Crippen LogP contribution in [-0.4, -0.2) is 15.9 Å². The Morgan fingerprint density at radius 1 is 1.14 bits per heavy atom. The van der Waals surface area contributed by atoms with E-state index in [9.17, 15) is 9.90 Å². The maximum absolute atomic E-state index is 11.8. The molecule has 3 rings (SSSR count). The summed E-state index contributed by atoms with van der Waals surface area (Å²) in [5.41, 5.74) is 3.35. The fourth-order valence-corrected chi connectivity index (χ4v) is 3.36. The van der Waals surface area contributed by atoms with E-state index in [1.54, 1.807) is 12.5 Å². The Labute approximate surface area is 236 Å². The van der Waals surface area contributed by atoms with Crippen molar-refractivity contribution in [1.82, 2.24) is 4.98 Å². The zero-order valence-corrected chi connectivity index (χ0v) is 26.3. The molecule has 0 unspecified atom stereocenters. The molecule has 205 valence electrons. The van der Waals surface area contributed by atoms with E-state index in [4.69, 9.17) is 9.15 Å². The van der Waals surface area contributed by atoms with Gasteiger partial charge in [-0.2, -0.15) is 17.2 Å². The number of carbonyl (C=O) groups is 1. The third-order valence-corrected chi connectivity index (χ3v) is 6.83. The van der Waals surface area contributed by atoms with Crippen LogP contribution in [0.1, 0.15) is 90.8 Å². The maximum Gasteiger partial charge on any atom is 0.261 e. The van der Waals surface area contributed by atoms with Gasteiger partial charge in [0, 0.05) is 59.9 Å². The standard InChI is InChI=1S/C18H18NO2.C13H24O2.Ir/c1-11(2)16-10-20-17-15(16)5-6-19-18(17)21-14-8-12(3)7-13(4)9-14;1-7-12(3,4)10(14)9-11(15)13(5,6)8-2;/h5-8,10-11H,1-4H3;9,14H,7-8H2,1-6H3;/q-1;;/b;10-9-;. The minimum absolute atomic E-state index is 0. The first-order valence-electron chi connectivity index (χ1n) is 12.7. The van der Waals surface area contributed by atoms with Gasteiger partial charge < -0.3 is 14.3 Å². The Morgan fingerprint density at radius 3 is 2.30 bits per heavy atom. The Balaban J connectivity index is 0.000000384. The van der Waals surface area contributed by atoms with Crippen molar-refractivity contribution in [1.29, 1.82) is 0 Å². The molecule has 0 aliphatic heterocycles. The van der Waals surface area contributed by atoms with Crippen molar-refractivity contribution in [2.75, 3.05) is 0 Å². The number of allylic oxidation sites excluding steroid dienone is 2. The minimum Gasteiger partial charge on any atom is -0.512 e. The van der Waals surface area contributed by atoms with Crippen molar-refractivity contribution in [3.8, 4) is 11.6 Å². The van der Waals surface area contributed by atoms with Gasteiger partial charge in [0.25, 0.3) is 5.88 Å². The summed E-state index contributed by atoms with van der Waals surface area (Å²) in [6, 6.07) is 9.16. The van der Waals surface area contributed by atoms with Crippen LogP contribution in [0.15, 0.2) is 46.9 Å². The van der Waals surface area contributed by atoms with Crippen molar-refractivity contribution < 1.29 is 39.2 Å². The second-order valence-corrected chi connectivity index (χ2v) is 11.0. The van der Waals surface area contributed by atoms with E-state index in [1.807, 2.05) is 67.5 Å².